The Labute approximate surface area is 96.5 Å². The zero-order valence-electron chi connectivity index (χ0n) is 9.82. The minimum Gasteiger partial charge on any atom is -0.328 e. The van der Waals surface area contributed by atoms with E-state index in [0.717, 1.165) is 24.4 Å². The first-order chi connectivity index (χ1) is 7.72. The molecule has 86 valence electrons. The van der Waals surface area contributed by atoms with Crippen molar-refractivity contribution in [2.45, 2.75) is 56.9 Å². The predicted octanol–water partition coefficient (Wildman–Crippen LogP) is 2.26. The van der Waals surface area contributed by atoms with Gasteiger partial charge in [-0.2, -0.15) is 0 Å². The van der Waals surface area contributed by atoms with Gasteiger partial charge in [0.15, 0.2) is 0 Å². The van der Waals surface area contributed by atoms with Gasteiger partial charge >= 0.3 is 0 Å². The topological polar surface area (TPSA) is 51.8 Å². The number of aromatic nitrogens is 2. The van der Waals surface area contributed by atoms with E-state index in [1.54, 1.807) is 0 Å². The van der Waals surface area contributed by atoms with Crippen LogP contribution in [0.15, 0.2) is 6.07 Å². The van der Waals surface area contributed by atoms with Crippen molar-refractivity contribution < 1.29 is 0 Å². The highest BCUT2D eigenvalue weighted by Gasteiger charge is 2.31. The molecule has 2 aliphatic rings. The Hall–Kier alpha value is -0.960. The average Bonchev–Trinajstić information content (AvgIpc) is 2.09. The molecule has 0 atom stereocenters. The first-order valence-electron chi connectivity index (χ1n) is 6.33. The van der Waals surface area contributed by atoms with E-state index in [0.29, 0.717) is 17.9 Å². The number of aryl methyl sites for hydroxylation is 1. The molecule has 1 aromatic heterocycles. The lowest BCUT2D eigenvalue weighted by Crippen LogP contribution is -2.35. The maximum Gasteiger partial charge on any atom is 0.132 e. The smallest absolute Gasteiger partial charge is 0.132 e. The molecule has 3 nitrogen and oxygen atoms in total. The van der Waals surface area contributed by atoms with Crippen molar-refractivity contribution in [3.63, 3.8) is 0 Å². The number of nitrogens with two attached hydrogens (primary N) is 1. The zero-order chi connectivity index (χ0) is 11.1. The molecule has 0 spiro atoms. The van der Waals surface area contributed by atoms with Crippen LogP contribution in [0.25, 0.3) is 0 Å². The number of nitrogens with zero attached hydrogens (tertiary/aromatic N) is 2. The number of hydrogen-bond acceptors (Lipinski definition) is 3. The third-order valence-electron chi connectivity index (χ3n) is 3.95. The summed E-state index contributed by atoms with van der Waals surface area (Å²) in [4.78, 5) is 9.31. The molecule has 2 aliphatic carbocycles. The fourth-order valence-electron chi connectivity index (χ4n) is 2.58. The Morgan fingerprint density at radius 1 is 1.19 bits per heavy atom. The highest BCUT2D eigenvalue weighted by Crippen LogP contribution is 2.38. The van der Waals surface area contributed by atoms with Crippen LogP contribution in [0.3, 0.4) is 0 Å². The molecule has 16 heavy (non-hydrogen) atoms. The molecular formula is C13H19N3. The average molecular weight is 217 g/mol. The molecule has 3 heteroatoms. The molecule has 0 saturated heterocycles. The predicted molar refractivity (Wildman–Crippen MR) is 63.3 cm³/mol. The summed E-state index contributed by atoms with van der Waals surface area (Å²) < 4.78 is 0. The fraction of sp³-hybridized carbons (Fsp3) is 0.692. The summed E-state index contributed by atoms with van der Waals surface area (Å²) in [5.74, 6) is 2.27. The molecule has 0 aromatic carbocycles. The Kier molecular flexibility index (Phi) is 2.43. The molecule has 3 rings (SSSR count). The molecule has 1 aromatic rings. The molecule has 2 N–H and O–H groups in total. The fourth-order valence-corrected chi connectivity index (χ4v) is 2.58. The standard InChI is InChI=1S/C13H19N3/c1-8-5-12(9-3-2-4-9)16-13(15-8)10-6-11(14)7-10/h5,9-11H,2-4,6-7,14H2,1H3. The van der Waals surface area contributed by atoms with Crippen LogP contribution in [0.1, 0.15) is 61.2 Å². The highest BCUT2D eigenvalue weighted by atomic mass is 14.9. The lowest BCUT2D eigenvalue weighted by atomic mass is 9.79. The largest absolute Gasteiger partial charge is 0.328 e. The molecule has 2 fully saturated rings. The van der Waals surface area contributed by atoms with Crippen molar-refractivity contribution >= 4 is 0 Å². The van der Waals surface area contributed by atoms with Gasteiger partial charge in [-0.05, 0) is 38.7 Å². The van der Waals surface area contributed by atoms with Crippen molar-refractivity contribution in [3.05, 3.63) is 23.3 Å². The van der Waals surface area contributed by atoms with Gasteiger partial charge in [0.25, 0.3) is 0 Å². The second kappa shape index (κ2) is 3.81. The first kappa shape index (κ1) is 10.2. The van der Waals surface area contributed by atoms with Crippen LogP contribution in [0.5, 0.6) is 0 Å². The summed E-state index contributed by atoms with van der Waals surface area (Å²) in [6, 6.07) is 2.53. The molecular weight excluding hydrogens is 198 g/mol. The van der Waals surface area contributed by atoms with Crippen molar-refractivity contribution in [1.82, 2.24) is 9.97 Å². The SMILES string of the molecule is Cc1cc(C2CCC2)nc(C2CC(N)C2)n1. The van der Waals surface area contributed by atoms with Crippen LogP contribution < -0.4 is 5.73 Å². The van der Waals surface area contributed by atoms with Crippen LogP contribution in [-0.2, 0) is 0 Å². The van der Waals surface area contributed by atoms with Gasteiger partial charge < -0.3 is 5.73 Å². The molecule has 1 heterocycles. The summed E-state index contributed by atoms with van der Waals surface area (Å²) in [5, 5.41) is 0. The van der Waals surface area contributed by atoms with Crippen LogP contribution in [0.2, 0.25) is 0 Å². The van der Waals surface area contributed by atoms with Crippen molar-refractivity contribution in [3.8, 4) is 0 Å². The van der Waals surface area contributed by atoms with Gasteiger partial charge in [-0.1, -0.05) is 6.42 Å². The van der Waals surface area contributed by atoms with Crippen LogP contribution in [0, 0.1) is 6.92 Å². The maximum atomic E-state index is 5.82. The number of hydrogen-bond donors (Lipinski definition) is 1. The Morgan fingerprint density at radius 2 is 1.94 bits per heavy atom. The Bertz CT molecular complexity index is 392. The van der Waals surface area contributed by atoms with E-state index in [1.165, 1.54) is 25.0 Å². The summed E-state index contributed by atoms with van der Waals surface area (Å²) in [6.07, 6.45) is 6.10. The van der Waals surface area contributed by atoms with E-state index in [-0.39, 0.29) is 0 Å². The van der Waals surface area contributed by atoms with Crippen LogP contribution in [0.4, 0.5) is 0 Å². The molecule has 0 aliphatic heterocycles. The quantitative estimate of drug-likeness (QED) is 0.826. The molecule has 0 radical (unpaired) electrons. The van der Waals surface area contributed by atoms with E-state index >= 15 is 0 Å². The summed E-state index contributed by atoms with van der Waals surface area (Å²) in [7, 11) is 0. The van der Waals surface area contributed by atoms with Crippen molar-refractivity contribution in [1.29, 1.82) is 0 Å². The molecule has 2 saturated carbocycles. The van der Waals surface area contributed by atoms with Gasteiger partial charge in [0.2, 0.25) is 0 Å². The van der Waals surface area contributed by atoms with Crippen molar-refractivity contribution in [2.75, 3.05) is 0 Å². The molecule has 0 bridgehead atoms. The molecule has 0 unspecified atom stereocenters. The maximum absolute atomic E-state index is 5.82. The third kappa shape index (κ3) is 1.73. The minimum atomic E-state index is 0.376. The summed E-state index contributed by atoms with van der Waals surface area (Å²) in [5.41, 5.74) is 8.21. The van der Waals surface area contributed by atoms with Crippen LogP contribution >= 0.6 is 0 Å². The summed E-state index contributed by atoms with van der Waals surface area (Å²) in [6.45, 7) is 2.08. The van der Waals surface area contributed by atoms with E-state index < -0.39 is 0 Å². The summed E-state index contributed by atoms with van der Waals surface area (Å²) >= 11 is 0. The van der Waals surface area contributed by atoms with Crippen molar-refractivity contribution in [2.24, 2.45) is 5.73 Å². The Balaban J connectivity index is 1.84. The zero-order valence-corrected chi connectivity index (χ0v) is 9.82. The number of rotatable bonds is 2. The normalized spacial score (nSPS) is 29.6. The van der Waals surface area contributed by atoms with Gasteiger partial charge in [-0.15, -0.1) is 0 Å². The van der Waals surface area contributed by atoms with Gasteiger partial charge in [0.1, 0.15) is 5.82 Å². The monoisotopic (exact) mass is 217 g/mol. The Morgan fingerprint density at radius 3 is 2.50 bits per heavy atom. The van der Waals surface area contributed by atoms with E-state index in [2.05, 4.69) is 18.0 Å². The lowest BCUT2D eigenvalue weighted by molar-refractivity contribution is 0.334. The highest BCUT2D eigenvalue weighted by molar-refractivity contribution is 5.19. The van der Waals surface area contributed by atoms with Crippen LogP contribution in [-0.4, -0.2) is 16.0 Å². The van der Waals surface area contributed by atoms with E-state index in [1.807, 2.05) is 0 Å². The minimum absolute atomic E-state index is 0.376. The first-order valence-corrected chi connectivity index (χ1v) is 6.33. The van der Waals surface area contributed by atoms with Gasteiger partial charge in [0.05, 0.1) is 0 Å². The van der Waals surface area contributed by atoms with Gasteiger partial charge in [0, 0.05) is 29.3 Å². The van der Waals surface area contributed by atoms with Gasteiger partial charge in [-0.3, -0.25) is 0 Å². The lowest BCUT2D eigenvalue weighted by Gasteiger charge is -2.32. The van der Waals surface area contributed by atoms with Gasteiger partial charge in [-0.25, -0.2) is 9.97 Å². The third-order valence-corrected chi connectivity index (χ3v) is 3.95. The second-order valence-electron chi connectivity index (χ2n) is 5.35. The van der Waals surface area contributed by atoms with E-state index in [4.69, 9.17) is 10.7 Å². The van der Waals surface area contributed by atoms with E-state index in [9.17, 15) is 0 Å². The molecule has 0 amide bonds. The second-order valence-corrected chi connectivity index (χ2v) is 5.35.